The number of ether oxygens (including phenoxy) is 1. The number of aryl methyl sites for hydroxylation is 2. The van der Waals surface area contributed by atoms with E-state index >= 15 is 0 Å². The van der Waals surface area contributed by atoms with Crippen molar-refractivity contribution >= 4 is 39.1 Å². The topological polar surface area (TPSA) is 68.3 Å². The number of rotatable bonds is 5. The fraction of sp³-hybridized carbons (Fsp3) is 0.192. The first-order valence-electron chi connectivity index (χ1n) is 10.4. The van der Waals surface area contributed by atoms with Crippen molar-refractivity contribution in [1.29, 1.82) is 0 Å². The van der Waals surface area contributed by atoms with E-state index in [4.69, 9.17) is 9.72 Å². The Bertz CT molecular complexity index is 1330. The quantitative estimate of drug-likeness (QED) is 0.366. The number of benzene rings is 2. The van der Waals surface area contributed by atoms with Crippen LogP contribution in [0.3, 0.4) is 0 Å². The molecule has 4 rings (SSSR count). The monoisotopic (exact) mass is 444 g/mol. The predicted molar refractivity (Wildman–Crippen MR) is 130 cm³/mol. The van der Waals surface area contributed by atoms with Gasteiger partial charge in [0.15, 0.2) is 0 Å². The van der Waals surface area contributed by atoms with Crippen LogP contribution in [-0.4, -0.2) is 23.5 Å². The third-order valence-electron chi connectivity index (χ3n) is 5.37. The number of anilines is 1. The molecule has 4 aromatic rings. The van der Waals surface area contributed by atoms with Crippen LogP contribution in [0.4, 0.5) is 5.00 Å². The average molecular weight is 445 g/mol. The molecular formula is C26H24N2O3S. The number of hydrogen-bond acceptors (Lipinski definition) is 5. The summed E-state index contributed by atoms with van der Waals surface area (Å²) in [6.45, 7) is 7.82. The molecule has 0 radical (unpaired) electrons. The maximum atomic E-state index is 13.5. The maximum Gasteiger partial charge on any atom is 0.341 e. The summed E-state index contributed by atoms with van der Waals surface area (Å²) in [4.78, 5) is 31.8. The number of carbonyl (C=O) groups excluding carboxylic acids is 2. The van der Waals surface area contributed by atoms with Crippen molar-refractivity contribution in [2.75, 3.05) is 11.9 Å². The van der Waals surface area contributed by atoms with E-state index in [1.54, 1.807) is 6.92 Å². The Morgan fingerprint density at radius 1 is 1.03 bits per heavy atom. The SMILES string of the molecule is CCOC(=O)c1c(NC(=O)c2cc(-c3ccccc3)nc3ccc(C)cc23)sc(C)c1C. The third kappa shape index (κ3) is 4.14. The lowest BCUT2D eigenvalue weighted by Crippen LogP contribution is -2.15. The van der Waals surface area contributed by atoms with Crippen LogP contribution in [0, 0.1) is 20.8 Å². The molecule has 0 aliphatic heterocycles. The summed E-state index contributed by atoms with van der Waals surface area (Å²) in [6.07, 6.45) is 0. The van der Waals surface area contributed by atoms with Crippen LogP contribution in [0.1, 0.15) is 43.6 Å². The molecular weight excluding hydrogens is 420 g/mol. The Labute approximate surface area is 191 Å². The van der Waals surface area contributed by atoms with Crippen molar-refractivity contribution < 1.29 is 14.3 Å². The second-order valence-corrected chi connectivity index (χ2v) is 8.83. The molecule has 0 fully saturated rings. The van der Waals surface area contributed by atoms with E-state index in [0.29, 0.717) is 16.1 Å². The number of nitrogens with zero attached hydrogens (tertiary/aromatic N) is 1. The van der Waals surface area contributed by atoms with Gasteiger partial charge in [0, 0.05) is 15.8 Å². The van der Waals surface area contributed by atoms with Gasteiger partial charge in [-0.05, 0) is 51.5 Å². The largest absolute Gasteiger partial charge is 0.462 e. The van der Waals surface area contributed by atoms with Gasteiger partial charge in [-0.3, -0.25) is 4.79 Å². The summed E-state index contributed by atoms with van der Waals surface area (Å²) in [5, 5.41) is 4.24. The van der Waals surface area contributed by atoms with E-state index in [9.17, 15) is 9.59 Å². The summed E-state index contributed by atoms with van der Waals surface area (Å²) < 4.78 is 5.22. The van der Waals surface area contributed by atoms with E-state index < -0.39 is 5.97 Å². The Morgan fingerprint density at radius 2 is 1.78 bits per heavy atom. The molecule has 2 aromatic heterocycles. The molecule has 162 valence electrons. The maximum absolute atomic E-state index is 13.5. The van der Waals surface area contributed by atoms with Crippen molar-refractivity contribution in [3.63, 3.8) is 0 Å². The molecule has 32 heavy (non-hydrogen) atoms. The summed E-state index contributed by atoms with van der Waals surface area (Å²) in [7, 11) is 0. The van der Waals surface area contributed by atoms with E-state index in [1.807, 2.05) is 75.4 Å². The van der Waals surface area contributed by atoms with Crippen LogP contribution in [0.5, 0.6) is 0 Å². The molecule has 5 nitrogen and oxygen atoms in total. The molecule has 0 aliphatic carbocycles. The lowest BCUT2D eigenvalue weighted by atomic mass is 10.0. The van der Waals surface area contributed by atoms with Gasteiger partial charge in [-0.1, -0.05) is 42.0 Å². The zero-order valence-corrected chi connectivity index (χ0v) is 19.3. The van der Waals surface area contributed by atoms with Crippen molar-refractivity contribution in [2.45, 2.75) is 27.7 Å². The fourth-order valence-electron chi connectivity index (χ4n) is 3.62. The predicted octanol–water partition coefficient (Wildman–Crippen LogP) is 6.32. The van der Waals surface area contributed by atoms with Crippen LogP contribution >= 0.6 is 11.3 Å². The van der Waals surface area contributed by atoms with Crippen molar-refractivity contribution in [2.24, 2.45) is 0 Å². The standard InChI is InChI=1S/C26H24N2O3S/c1-5-31-26(30)23-16(3)17(4)32-25(23)28-24(29)20-14-22(18-9-7-6-8-10-18)27-21-12-11-15(2)13-19(20)21/h6-14H,5H2,1-4H3,(H,28,29). The highest BCUT2D eigenvalue weighted by Crippen LogP contribution is 2.34. The number of fused-ring (bicyclic) bond motifs is 1. The molecule has 1 N–H and O–H groups in total. The van der Waals surface area contributed by atoms with Gasteiger partial charge in [-0.2, -0.15) is 0 Å². The normalized spacial score (nSPS) is 10.9. The van der Waals surface area contributed by atoms with Crippen LogP contribution in [0.15, 0.2) is 54.6 Å². The molecule has 0 aliphatic rings. The molecule has 0 bridgehead atoms. The molecule has 0 saturated carbocycles. The fourth-order valence-corrected chi connectivity index (χ4v) is 4.66. The number of aromatic nitrogens is 1. The highest BCUT2D eigenvalue weighted by Gasteiger charge is 2.23. The van der Waals surface area contributed by atoms with E-state index in [0.717, 1.165) is 38.2 Å². The Hall–Kier alpha value is -3.51. The van der Waals surface area contributed by atoms with Crippen LogP contribution in [-0.2, 0) is 4.74 Å². The molecule has 1 amide bonds. The summed E-state index contributed by atoms with van der Waals surface area (Å²) in [5.74, 6) is -0.711. The molecule has 2 aromatic carbocycles. The van der Waals surface area contributed by atoms with Gasteiger partial charge in [0.2, 0.25) is 0 Å². The molecule has 0 spiro atoms. The van der Waals surface area contributed by atoms with Gasteiger partial charge in [0.25, 0.3) is 5.91 Å². The number of thiophene rings is 1. The Balaban J connectivity index is 1.81. The number of pyridine rings is 1. The minimum Gasteiger partial charge on any atom is -0.462 e. The molecule has 0 unspecified atom stereocenters. The van der Waals surface area contributed by atoms with Crippen molar-refractivity contribution in [3.05, 3.63) is 81.7 Å². The van der Waals surface area contributed by atoms with Gasteiger partial charge < -0.3 is 10.1 Å². The van der Waals surface area contributed by atoms with E-state index in [-0.39, 0.29) is 12.5 Å². The minimum atomic E-state index is -0.426. The molecule has 0 saturated heterocycles. The van der Waals surface area contributed by atoms with Crippen molar-refractivity contribution in [3.8, 4) is 11.3 Å². The number of esters is 1. The highest BCUT2D eigenvalue weighted by molar-refractivity contribution is 7.16. The second-order valence-electron chi connectivity index (χ2n) is 7.60. The number of hydrogen-bond donors (Lipinski definition) is 1. The van der Waals surface area contributed by atoms with E-state index in [1.165, 1.54) is 11.3 Å². The zero-order chi connectivity index (χ0) is 22.8. The Morgan fingerprint density at radius 3 is 2.50 bits per heavy atom. The molecule has 6 heteroatoms. The first-order chi connectivity index (χ1) is 15.4. The van der Waals surface area contributed by atoms with Gasteiger partial charge in [-0.25, -0.2) is 9.78 Å². The third-order valence-corrected chi connectivity index (χ3v) is 6.49. The number of nitrogens with one attached hydrogen (secondary N) is 1. The number of amides is 1. The van der Waals surface area contributed by atoms with Gasteiger partial charge in [-0.15, -0.1) is 11.3 Å². The van der Waals surface area contributed by atoms with Crippen LogP contribution in [0.2, 0.25) is 0 Å². The van der Waals surface area contributed by atoms with Crippen LogP contribution in [0.25, 0.3) is 22.2 Å². The summed E-state index contributed by atoms with van der Waals surface area (Å²) >= 11 is 1.38. The lowest BCUT2D eigenvalue weighted by Gasteiger charge is -2.12. The smallest absolute Gasteiger partial charge is 0.341 e. The van der Waals surface area contributed by atoms with Gasteiger partial charge in [0.1, 0.15) is 5.00 Å². The highest BCUT2D eigenvalue weighted by atomic mass is 32.1. The lowest BCUT2D eigenvalue weighted by molar-refractivity contribution is 0.0527. The molecule has 0 atom stereocenters. The summed E-state index contributed by atoms with van der Waals surface area (Å²) in [6, 6.07) is 17.4. The number of carbonyl (C=O) groups is 2. The van der Waals surface area contributed by atoms with Gasteiger partial charge >= 0.3 is 5.97 Å². The minimum absolute atomic E-state index is 0.273. The van der Waals surface area contributed by atoms with Crippen LogP contribution < -0.4 is 5.32 Å². The average Bonchev–Trinajstić information content (AvgIpc) is 3.06. The Kier molecular flexibility index (Phi) is 6.06. The second kappa shape index (κ2) is 8.93. The molecule has 2 heterocycles. The van der Waals surface area contributed by atoms with Crippen molar-refractivity contribution in [1.82, 2.24) is 4.98 Å². The van der Waals surface area contributed by atoms with Gasteiger partial charge in [0.05, 0.1) is 28.9 Å². The summed E-state index contributed by atoms with van der Waals surface area (Å²) in [5.41, 5.74) is 5.18. The van der Waals surface area contributed by atoms with E-state index in [2.05, 4.69) is 5.32 Å². The first-order valence-corrected chi connectivity index (χ1v) is 11.3. The first kappa shape index (κ1) is 21.7. The zero-order valence-electron chi connectivity index (χ0n) is 18.5.